The number of phenols is 1. The van der Waals surface area contributed by atoms with Crippen molar-refractivity contribution in [3.8, 4) is 5.75 Å². The molecule has 0 bridgehead atoms. The van der Waals surface area contributed by atoms with E-state index in [0.29, 0.717) is 12.2 Å². The number of hydrogen-bond acceptors (Lipinski definition) is 3. The van der Waals surface area contributed by atoms with E-state index in [-0.39, 0.29) is 0 Å². The molecule has 3 heteroatoms. The normalized spacial score (nSPS) is 10.2. The van der Waals surface area contributed by atoms with Gasteiger partial charge in [0.1, 0.15) is 5.75 Å². The van der Waals surface area contributed by atoms with Crippen molar-refractivity contribution in [3.05, 3.63) is 29.3 Å². The van der Waals surface area contributed by atoms with Crippen LogP contribution in [0.5, 0.6) is 5.75 Å². The molecule has 1 nitrogen and oxygen atoms in total. The molecule has 0 aliphatic rings. The summed E-state index contributed by atoms with van der Waals surface area (Å²) >= 11 is 9.96. The zero-order chi connectivity index (χ0) is 12.7. The smallest absolute Gasteiger partial charge is 0.119 e. The average Bonchev–Trinajstić information content (AvgIpc) is 2.32. The van der Waals surface area contributed by atoms with Crippen LogP contribution in [0, 0.1) is 0 Å². The second-order valence-corrected chi connectivity index (χ2v) is 4.89. The fourth-order valence-electron chi connectivity index (χ4n) is 1.86. The number of unbranched alkanes of at least 4 members (excludes halogenated alkanes) is 2. The molecule has 17 heavy (non-hydrogen) atoms. The van der Waals surface area contributed by atoms with Gasteiger partial charge in [0.05, 0.1) is 0 Å². The molecule has 0 radical (unpaired) electrons. The van der Waals surface area contributed by atoms with Crippen LogP contribution in [-0.2, 0) is 12.8 Å². The molecule has 0 aliphatic heterocycles. The maximum atomic E-state index is 9.90. The summed E-state index contributed by atoms with van der Waals surface area (Å²) in [4.78, 5) is 0.752. The highest BCUT2D eigenvalue weighted by Gasteiger charge is 2.08. The Balaban J connectivity index is 2.83. The molecule has 0 fully saturated rings. The summed E-state index contributed by atoms with van der Waals surface area (Å²) < 4.78 is 0. The standard InChI is InChI=1S/C14H18OS2/c1-2-3-4-7-13-11(9-12(17)10-16)6-5-8-14(13)15/h5-6,8,10,15H,2-4,7,9H2,1H3. The minimum Gasteiger partial charge on any atom is -0.508 e. The van der Waals surface area contributed by atoms with Crippen LogP contribution in [-0.4, -0.2) is 15.3 Å². The summed E-state index contributed by atoms with van der Waals surface area (Å²) in [6.45, 7) is 2.17. The number of aromatic hydroxyl groups is 1. The van der Waals surface area contributed by atoms with E-state index in [1.165, 1.54) is 18.2 Å². The summed E-state index contributed by atoms with van der Waals surface area (Å²) in [5.41, 5.74) is 2.13. The molecule has 0 aliphatic carbocycles. The first-order valence-electron chi connectivity index (χ1n) is 5.96. The average molecular weight is 266 g/mol. The third kappa shape index (κ3) is 4.52. The van der Waals surface area contributed by atoms with Gasteiger partial charge >= 0.3 is 0 Å². The molecule has 1 aromatic carbocycles. The molecule has 1 rings (SSSR count). The number of benzene rings is 1. The van der Waals surface area contributed by atoms with E-state index in [1.807, 2.05) is 12.1 Å². The lowest BCUT2D eigenvalue weighted by molar-refractivity contribution is 0.465. The van der Waals surface area contributed by atoms with E-state index in [1.54, 1.807) is 6.07 Å². The van der Waals surface area contributed by atoms with E-state index in [0.717, 1.165) is 28.8 Å². The van der Waals surface area contributed by atoms with Gasteiger partial charge in [-0.05, 0) is 30.0 Å². The lowest BCUT2D eigenvalue weighted by Gasteiger charge is -2.10. The summed E-state index contributed by atoms with van der Waals surface area (Å²) in [5, 5.41) is 11.4. The van der Waals surface area contributed by atoms with Crippen molar-refractivity contribution in [2.45, 2.75) is 39.0 Å². The fraction of sp³-hybridized carbons (Fsp3) is 0.429. The van der Waals surface area contributed by atoms with E-state index in [2.05, 4.69) is 6.92 Å². The van der Waals surface area contributed by atoms with Gasteiger partial charge in [-0.2, -0.15) is 0 Å². The molecule has 0 aromatic heterocycles. The molecule has 1 N–H and O–H groups in total. The van der Waals surface area contributed by atoms with Crippen LogP contribution in [0.4, 0.5) is 0 Å². The second-order valence-electron chi connectivity index (χ2n) is 4.13. The molecule has 0 heterocycles. The zero-order valence-electron chi connectivity index (χ0n) is 10.1. The van der Waals surface area contributed by atoms with E-state index < -0.39 is 0 Å². The van der Waals surface area contributed by atoms with Crippen molar-refractivity contribution >= 4 is 34.7 Å². The van der Waals surface area contributed by atoms with Gasteiger partial charge in [-0.1, -0.05) is 56.3 Å². The lowest BCUT2D eigenvalue weighted by atomic mass is 9.97. The quantitative estimate of drug-likeness (QED) is 0.594. The highest BCUT2D eigenvalue weighted by Crippen LogP contribution is 2.24. The highest BCUT2D eigenvalue weighted by atomic mass is 32.1. The monoisotopic (exact) mass is 266 g/mol. The van der Waals surface area contributed by atoms with Gasteiger partial charge in [0, 0.05) is 16.7 Å². The molecular formula is C14H18OS2. The van der Waals surface area contributed by atoms with Crippen LogP contribution in [0.3, 0.4) is 0 Å². The number of hydrogen-bond donors (Lipinski definition) is 1. The highest BCUT2D eigenvalue weighted by molar-refractivity contribution is 7.88. The molecule has 92 valence electrons. The molecule has 0 amide bonds. The van der Waals surface area contributed by atoms with Gasteiger partial charge < -0.3 is 5.11 Å². The zero-order valence-corrected chi connectivity index (χ0v) is 11.7. The SMILES string of the molecule is CCCCCc1c(O)cccc1CC(=S)C=S. The van der Waals surface area contributed by atoms with Crippen LogP contribution < -0.4 is 0 Å². The molecule has 0 spiro atoms. The number of phenolic OH excluding ortho intramolecular Hbond substituents is 1. The minimum atomic E-state index is 0.380. The Morgan fingerprint density at radius 1 is 1.35 bits per heavy atom. The predicted octanol–water partition coefficient (Wildman–Crippen LogP) is 4.04. The first-order valence-corrected chi connectivity index (χ1v) is 6.84. The van der Waals surface area contributed by atoms with Crippen LogP contribution in [0.25, 0.3) is 0 Å². The van der Waals surface area contributed by atoms with E-state index in [4.69, 9.17) is 24.4 Å². The Bertz CT molecular complexity index is 399. The summed E-state index contributed by atoms with van der Waals surface area (Å²) in [7, 11) is 0. The van der Waals surface area contributed by atoms with Crippen LogP contribution >= 0.6 is 24.4 Å². The van der Waals surface area contributed by atoms with Crippen molar-refractivity contribution in [2.75, 3.05) is 0 Å². The van der Waals surface area contributed by atoms with Gasteiger partial charge in [0.25, 0.3) is 0 Å². The number of thiocarbonyl (C=S) groups is 2. The van der Waals surface area contributed by atoms with Crippen LogP contribution in [0.1, 0.15) is 37.3 Å². The fourth-order valence-corrected chi connectivity index (χ4v) is 2.10. The van der Waals surface area contributed by atoms with Gasteiger partial charge in [-0.25, -0.2) is 0 Å². The van der Waals surface area contributed by atoms with E-state index >= 15 is 0 Å². The van der Waals surface area contributed by atoms with Crippen LogP contribution in [0.15, 0.2) is 18.2 Å². The first kappa shape index (κ1) is 14.3. The summed E-state index contributed by atoms with van der Waals surface area (Å²) in [6.07, 6.45) is 5.04. The Labute approximate surface area is 114 Å². The predicted molar refractivity (Wildman–Crippen MR) is 81.3 cm³/mol. The molecule has 0 unspecified atom stereocenters. The van der Waals surface area contributed by atoms with Crippen molar-refractivity contribution in [1.82, 2.24) is 0 Å². The van der Waals surface area contributed by atoms with Gasteiger partial charge in [0.15, 0.2) is 0 Å². The van der Waals surface area contributed by atoms with E-state index in [9.17, 15) is 5.11 Å². The lowest BCUT2D eigenvalue weighted by Crippen LogP contribution is -2.03. The largest absolute Gasteiger partial charge is 0.508 e. The van der Waals surface area contributed by atoms with Crippen molar-refractivity contribution < 1.29 is 5.11 Å². The number of rotatable bonds is 7. The molecular weight excluding hydrogens is 248 g/mol. The van der Waals surface area contributed by atoms with Gasteiger partial charge in [-0.15, -0.1) is 0 Å². The molecule has 0 saturated carbocycles. The first-order chi connectivity index (χ1) is 8.19. The van der Waals surface area contributed by atoms with Gasteiger partial charge in [0.2, 0.25) is 0 Å². The molecule has 1 aromatic rings. The minimum absolute atomic E-state index is 0.380. The molecule has 0 saturated heterocycles. The van der Waals surface area contributed by atoms with Crippen molar-refractivity contribution in [3.63, 3.8) is 0 Å². The summed E-state index contributed by atoms with van der Waals surface area (Å²) in [6, 6.07) is 5.62. The van der Waals surface area contributed by atoms with Crippen molar-refractivity contribution in [1.29, 1.82) is 0 Å². The van der Waals surface area contributed by atoms with Crippen LogP contribution in [0.2, 0.25) is 0 Å². The van der Waals surface area contributed by atoms with Crippen molar-refractivity contribution in [2.24, 2.45) is 0 Å². The Morgan fingerprint density at radius 3 is 2.76 bits per heavy atom. The maximum absolute atomic E-state index is 9.90. The maximum Gasteiger partial charge on any atom is 0.119 e. The Hall–Kier alpha value is -0.800. The Morgan fingerprint density at radius 2 is 2.12 bits per heavy atom. The third-order valence-corrected chi connectivity index (χ3v) is 3.47. The Kier molecular flexibility index (Phi) is 6.30. The third-order valence-electron chi connectivity index (χ3n) is 2.77. The second kappa shape index (κ2) is 7.51. The molecule has 0 atom stereocenters. The summed E-state index contributed by atoms with van der Waals surface area (Å²) in [5.74, 6) is 0.380. The topological polar surface area (TPSA) is 20.2 Å². The van der Waals surface area contributed by atoms with Gasteiger partial charge in [-0.3, -0.25) is 0 Å².